The van der Waals surface area contributed by atoms with Crippen LogP contribution in [0.2, 0.25) is 0 Å². The number of amides is 1. The normalized spacial score (nSPS) is 17.0. The van der Waals surface area contributed by atoms with Gasteiger partial charge in [-0.25, -0.2) is 4.79 Å². The van der Waals surface area contributed by atoms with E-state index in [1.54, 1.807) is 12.1 Å². The average molecular weight is 381 g/mol. The van der Waals surface area contributed by atoms with E-state index in [-0.39, 0.29) is 30.7 Å². The predicted octanol–water partition coefficient (Wildman–Crippen LogP) is 2.84. The first kappa shape index (κ1) is 19.8. The van der Waals surface area contributed by atoms with Crippen LogP contribution in [0.5, 0.6) is 0 Å². The van der Waals surface area contributed by atoms with E-state index >= 15 is 0 Å². The van der Waals surface area contributed by atoms with Crippen LogP contribution in [0.4, 0.5) is 0 Å². The van der Waals surface area contributed by atoms with E-state index in [0.29, 0.717) is 25.0 Å². The molecule has 2 aromatic carbocycles. The second-order valence-corrected chi connectivity index (χ2v) is 6.57. The first-order chi connectivity index (χ1) is 13.6. The van der Waals surface area contributed by atoms with E-state index in [1.807, 2.05) is 48.5 Å². The van der Waals surface area contributed by atoms with Crippen LogP contribution in [0, 0.1) is 0 Å². The van der Waals surface area contributed by atoms with Gasteiger partial charge in [0.05, 0.1) is 6.61 Å². The predicted molar refractivity (Wildman–Crippen MR) is 103 cm³/mol. The molecule has 2 aromatic rings. The zero-order valence-corrected chi connectivity index (χ0v) is 15.5. The third kappa shape index (κ3) is 5.27. The molecule has 3 rings (SSSR count). The smallest absolute Gasteiger partial charge is 0.328 e. The van der Waals surface area contributed by atoms with Gasteiger partial charge < -0.3 is 14.8 Å². The number of cyclic esters (lactones) is 1. The molecule has 146 valence electrons. The van der Waals surface area contributed by atoms with Gasteiger partial charge in [-0.3, -0.25) is 9.59 Å². The van der Waals surface area contributed by atoms with Crippen LogP contribution in [0.3, 0.4) is 0 Å². The molecule has 1 fully saturated rings. The summed E-state index contributed by atoms with van der Waals surface area (Å²) in [5, 5.41) is 2.66. The van der Waals surface area contributed by atoms with Crippen molar-refractivity contribution in [1.29, 1.82) is 0 Å². The van der Waals surface area contributed by atoms with Gasteiger partial charge in [0.25, 0.3) is 0 Å². The van der Waals surface area contributed by atoms with E-state index in [1.165, 1.54) is 0 Å². The molecule has 1 N–H and O–H groups in total. The molecule has 1 aliphatic heterocycles. The molecule has 2 atom stereocenters. The maximum atomic E-state index is 12.9. The number of ether oxygens (including phenoxy) is 2. The Kier molecular flexibility index (Phi) is 6.92. The molecule has 0 aliphatic carbocycles. The number of carbonyl (C=O) groups excluding carboxylic acids is 3. The van der Waals surface area contributed by atoms with Crippen molar-refractivity contribution in [1.82, 2.24) is 5.32 Å². The number of benzene rings is 2. The Balaban J connectivity index is 1.54. The zero-order chi connectivity index (χ0) is 19.8. The second kappa shape index (κ2) is 9.80. The zero-order valence-electron chi connectivity index (χ0n) is 15.5. The van der Waals surface area contributed by atoms with Gasteiger partial charge in [0, 0.05) is 25.0 Å². The summed E-state index contributed by atoms with van der Waals surface area (Å²) in [5.74, 6) is -0.731. The van der Waals surface area contributed by atoms with Gasteiger partial charge in [0.15, 0.2) is 5.78 Å². The van der Waals surface area contributed by atoms with Gasteiger partial charge >= 0.3 is 5.97 Å². The lowest BCUT2D eigenvalue weighted by atomic mass is 10.00. The standard InChI is InChI=1S/C22H23NO5/c24-19(23-18-13-15-28-22(18)26)12-7-14-27-21(17-10-5-2-6-11-17)20(25)16-8-3-1-4-9-16/h1-6,8-11,18,21H,7,12-15H2,(H,23,24). The third-order valence-electron chi connectivity index (χ3n) is 4.50. The monoisotopic (exact) mass is 381 g/mol. The average Bonchev–Trinajstić information content (AvgIpc) is 3.13. The topological polar surface area (TPSA) is 81.7 Å². The molecule has 0 bridgehead atoms. The lowest BCUT2D eigenvalue weighted by molar-refractivity contribution is -0.141. The number of nitrogens with one attached hydrogen (secondary N) is 1. The number of Topliss-reactive ketones (excluding diaryl/α,β-unsaturated/α-hetero) is 1. The lowest BCUT2D eigenvalue weighted by Gasteiger charge is -2.17. The highest BCUT2D eigenvalue weighted by Crippen LogP contribution is 2.23. The molecule has 0 saturated carbocycles. The highest BCUT2D eigenvalue weighted by atomic mass is 16.5. The molecule has 6 heteroatoms. The van der Waals surface area contributed by atoms with Crippen molar-refractivity contribution in [3.8, 4) is 0 Å². The minimum absolute atomic E-state index is 0.120. The van der Waals surface area contributed by atoms with Crippen LogP contribution in [0.25, 0.3) is 0 Å². The van der Waals surface area contributed by atoms with Gasteiger partial charge in [-0.05, 0) is 12.0 Å². The first-order valence-electron chi connectivity index (χ1n) is 9.37. The summed E-state index contributed by atoms with van der Waals surface area (Å²) < 4.78 is 10.7. The summed E-state index contributed by atoms with van der Waals surface area (Å²) >= 11 is 0. The molecule has 1 amide bonds. The number of ketones is 1. The number of carbonyl (C=O) groups is 3. The summed E-state index contributed by atoms with van der Waals surface area (Å²) in [5.41, 5.74) is 1.35. The molecule has 28 heavy (non-hydrogen) atoms. The van der Waals surface area contributed by atoms with Crippen molar-refractivity contribution < 1.29 is 23.9 Å². The van der Waals surface area contributed by atoms with Crippen LogP contribution in [-0.4, -0.2) is 36.9 Å². The van der Waals surface area contributed by atoms with Gasteiger partial charge in [-0.1, -0.05) is 60.7 Å². The highest BCUT2D eigenvalue weighted by molar-refractivity contribution is 6.00. The van der Waals surface area contributed by atoms with Crippen LogP contribution in [0.15, 0.2) is 60.7 Å². The fraction of sp³-hybridized carbons (Fsp3) is 0.318. The summed E-state index contributed by atoms with van der Waals surface area (Å²) in [7, 11) is 0. The van der Waals surface area contributed by atoms with Crippen molar-refractivity contribution in [2.45, 2.75) is 31.4 Å². The summed E-state index contributed by atoms with van der Waals surface area (Å²) in [6, 6.07) is 17.8. The van der Waals surface area contributed by atoms with E-state index < -0.39 is 12.1 Å². The summed E-state index contributed by atoms with van der Waals surface area (Å²) in [6.07, 6.45) is 0.434. The summed E-state index contributed by atoms with van der Waals surface area (Å²) in [6.45, 7) is 0.591. The SMILES string of the molecule is O=C(CCCOC(C(=O)c1ccccc1)c1ccccc1)NC1CCOC1=O. The molecule has 6 nitrogen and oxygen atoms in total. The molecule has 1 aliphatic rings. The second-order valence-electron chi connectivity index (χ2n) is 6.57. The van der Waals surface area contributed by atoms with E-state index in [2.05, 4.69) is 5.32 Å². The van der Waals surface area contributed by atoms with E-state index in [0.717, 1.165) is 5.56 Å². The molecule has 0 spiro atoms. The van der Waals surface area contributed by atoms with Crippen molar-refractivity contribution in [2.24, 2.45) is 0 Å². The Morgan fingerprint density at radius 1 is 1.07 bits per heavy atom. The maximum Gasteiger partial charge on any atom is 0.328 e. The molecular weight excluding hydrogens is 358 g/mol. The molecular formula is C22H23NO5. The Morgan fingerprint density at radius 2 is 1.75 bits per heavy atom. The molecule has 2 unspecified atom stereocenters. The van der Waals surface area contributed by atoms with E-state index in [9.17, 15) is 14.4 Å². The number of hydrogen-bond donors (Lipinski definition) is 1. The molecule has 0 radical (unpaired) electrons. The van der Waals surface area contributed by atoms with Gasteiger partial charge in [-0.2, -0.15) is 0 Å². The Bertz CT molecular complexity index is 806. The minimum Gasteiger partial charge on any atom is -0.464 e. The molecule has 0 aromatic heterocycles. The fourth-order valence-electron chi connectivity index (χ4n) is 3.03. The van der Waals surface area contributed by atoms with Crippen LogP contribution < -0.4 is 5.32 Å². The van der Waals surface area contributed by atoms with Gasteiger partial charge in [0.2, 0.25) is 5.91 Å². The largest absolute Gasteiger partial charge is 0.464 e. The van der Waals surface area contributed by atoms with Crippen molar-refractivity contribution in [3.63, 3.8) is 0 Å². The van der Waals surface area contributed by atoms with Gasteiger partial charge in [0.1, 0.15) is 12.1 Å². The number of hydrogen-bond acceptors (Lipinski definition) is 5. The molecule has 1 saturated heterocycles. The van der Waals surface area contributed by atoms with E-state index in [4.69, 9.17) is 9.47 Å². The minimum atomic E-state index is -0.725. The highest BCUT2D eigenvalue weighted by Gasteiger charge is 2.27. The Morgan fingerprint density at radius 3 is 2.39 bits per heavy atom. The Labute approximate surface area is 163 Å². The van der Waals surface area contributed by atoms with Crippen LogP contribution in [0.1, 0.15) is 41.3 Å². The molecule has 1 heterocycles. The summed E-state index contributed by atoms with van der Waals surface area (Å²) in [4.78, 5) is 36.3. The van der Waals surface area contributed by atoms with Crippen molar-refractivity contribution in [3.05, 3.63) is 71.8 Å². The van der Waals surface area contributed by atoms with Crippen molar-refractivity contribution in [2.75, 3.05) is 13.2 Å². The fourth-order valence-corrected chi connectivity index (χ4v) is 3.03. The number of rotatable bonds is 9. The number of esters is 1. The van der Waals surface area contributed by atoms with Crippen LogP contribution >= 0.6 is 0 Å². The maximum absolute atomic E-state index is 12.9. The quantitative estimate of drug-likeness (QED) is 0.410. The Hall–Kier alpha value is -2.99. The van der Waals surface area contributed by atoms with Crippen LogP contribution in [-0.2, 0) is 19.1 Å². The lowest BCUT2D eigenvalue weighted by Crippen LogP contribution is -2.37. The first-order valence-corrected chi connectivity index (χ1v) is 9.37. The third-order valence-corrected chi connectivity index (χ3v) is 4.50. The van der Waals surface area contributed by atoms with Gasteiger partial charge in [-0.15, -0.1) is 0 Å². The van der Waals surface area contributed by atoms with Crippen molar-refractivity contribution >= 4 is 17.7 Å².